The quantitative estimate of drug-likeness (QED) is 0.809. The van der Waals surface area contributed by atoms with Crippen molar-refractivity contribution in [2.75, 3.05) is 0 Å². The number of hydrogen-bond acceptors (Lipinski definition) is 2. The molecule has 3 heteroatoms. The summed E-state index contributed by atoms with van der Waals surface area (Å²) in [5, 5.41) is 0. The van der Waals surface area contributed by atoms with Crippen LogP contribution in [0.25, 0.3) is 11.3 Å². The van der Waals surface area contributed by atoms with Crippen molar-refractivity contribution in [1.29, 1.82) is 0 Å². The van der Waals surface area contributed by atoms with Crippen LogP contribution in [0.3, 0.4) is 0 Å². The van der Waals surface area contributed by atoms with Crippen molar-refractivity contribution >= 4 is 0 Å². The van der Waals surface area contributed by atoms with Gasteiger partial charge in [-0.15, -0.1) is 0 Å². The first kappa shape index (κ1) is 10.9. The predicted octanol–water partition coefficient (Wildman–Crippen LogP) is 2.71. The molecule has 2 aromatic rings. The number of imidazole rings is 1. The minimum absolute atomic E-state index is 0.0575. The van der Waals surface area contributed by atoms with Crippen LogP contribution in [0.5, 0.6) is 0 Å². The van der Waals surface area contributed by atoms with Crippen LogP contribution in [-0.2, 0) is 0 Å². The zero-order chi connectivity index (χ0) is 11.7. The molecule has 0 amide bonds. The molecule has 3 nitrogen and oxygen atoms in total. The Labute approximate surface area is 95.7 Å². The van der Waals surface area contributed by atoms with E-state index in [0.29, 0.717) is 0 Å². The van der Waals surface area contributed by atoms with Crippen molar-refractivity contribution in [1.82, 2.24) is 9.97 Å². The largest absolute Gasteiger partial charge is 0.344 e. The number of rotatable bonds is 2. The lowest BCUT2D eigenvalue weighted by Crippen LogP contribution is -2.06. The number of nitrogens with two attached hydrogens (primary N) is 1. The van der Waals surface area contributed by atoms with E-state index >= 15 is 0 Å². The first-order valence-electron chi connectivity index (χ1n) is 5.47. The van der Waals surface area contributed by atoms with E-state index in [2.05, 4.69) is 41.2 Å². The van der Waals surface area contributed by atoms with Gasteiger partial charge < -0.3 is 10.7 Å². The zero-order valence-corrected chi connectivity index (χ0v) is 9.91. The van der Waals surface area contributed by atoms with Crippen LogP contribution in [-0.4, -0.2) is 9.97 Å². The van der Waals surface area contributed by atoms with Gasteiger partial charge in [0.05, 0.1) is 11.7 Å². The molecular weight excluding hydrogens is 198 g/mol. The predicted molar refractivity (Wildman–Crippen MR) is 66.1 cm³/mol. The molecular formula is C13H17N3. The second-order valence-corrected chi connectivity index (χ2v) is 4.25. The number of aromatic amines is 1. The molecule has 84 valence electrons. The first-order valence-corrected chi connectivity index (χ1v) is 5.47. The average molecular weight is 215 g/mol. The second-order valence-electron chi connectivity index (χ2n) is 4.25. The van der Waals surface area contributed by atoms with Crippen molar-refractivity contribution in [3.63, 3.8) is 0 Å². The van der Waals surface area contributed by atoms with E-state index in [1.165, 1.54) is 5.56 Å². The number of aromatic nitrogens is 2. The summed E-state index contributed by atoms with van der Waals surface area (Å²) in [6.07, 6.45) is 0. The van der Waals surface area contributed by atoms with Crippen LogP contribution in [0, 0.1) is 13.8 Å². The maximum atomic E-state index is 5.80. The maximum absolute atomic E-state index is 5.80. The Kier molecular flexibility index (Phi) is 2.79. The Morgan fingerprint density at radius 2 is 1.81 bits per heavy atom. The SMILES string of the molecule is Cc1ccc(-c2nc([C@@H](C)N)[nH]c2C)cc1. The van der Waals surface area contributed by atoms with Gasteiger partial charge in [0.1, 0.15) is 5.82 Å². The summed E-state index contributed by atoms with van der Waals surface area (Å²) in [4.78, 5) is 7.75. The Morgan fingerprint density at radius 1 is 1.19 bits per heavy atom. The van der Waals surface area contributed by atoms with Crippen LogP contribution in [0.2, 0.25) is 0 Å². The number of nitrogens with one attached hydrogen (secondary N) is 1. The molecule has 0 saturated heterocycles. The molecule has 0 bridgehead atoms. The van der Waals surface area contributed by atoms with Crippen LogP contribution in [0.1, 0.15) is 30.0 Å². The van der Waals surface area contributed by atoms with Gasteiger partial charge in [0.2, 0.25) is 0 Å². The third-order valence-corrected chi connectivity index (χ3v) is 2.66. The molecule has 0 radical (unpaired) electrons. The van der Waals surface area contributed by atoms with E-state index in [9.17, 15) is 0 Å². The molecule has 1 aromatic carbocycles. The summed E-state index contributed by atoms with van der Waals surface area (Å²) in [6.45, 7) is 6.03. The Bertz CT molecular complexity index is 480. The van der Waals surface area contributed by atoms with Crippen LogP contribution < -0.4 is 5.73 Å². The van der Waals surface area contributed by atoms with Crippen molar-refractivity contribution in [3.8, 4) is 11.3 Å². The molecule has 1 aromatic heterocycles. The highest BCUT2D eigenvalue weighted by atomic mass is 15.0. The Hall–Kier alpha value is -1.61. The van der Waals surface area contributed by atoms with Crippen LogP contribution >= 0.6 is 0 Å². The minimum atomic E-state index is -0.0575. The molecule has 0 unspecified atom stereocenters. The molecule has 0 fully saturated rings. The summed E-state index contributed by atoms with van der Waals surface area (Å²) in [7, 11) is 0. The summed E-state index contributed by atoms with van der Waals surface area (Å²) in [5.41, 5.74) is 10.2. The van der Waals surface area contributed by atoms with Crippen LogP contribution in [0.4, 0.5) is 0 Å². The smallest absolute Gasteiger partial charge is 0.123 e. The molecule has 1 atom stereocenters. The number of hydrogen-bond donors (Lipinski definition) is 2. The van der Waals surface area contributed by atoms with Crippen molar-refractivity contribution in [3.05, 3.63) is 41.3 Å². The fourth-order valence-electron chi connectivity index (χ4n) is 1.69. The highest BCUT2D eigenvalue weighted by Crippen LogP contribution is 2.22. The fraction of sp³-hybridized carbons (Fsp3) is 0.308. The third-order valence-electron chi connectivity index (χ3n) is 2.66. The monoisotopic (exact) mass is 215 g/mol. The summed E-state index contributed by atoms with van der Waals surface area (Å²) in [6, 6.07) is 8.30. The van der Waals surface area contributed by atoms with Crippen molar-refractivity contribution < 1.29 is 0 Å². The number of H-pyrrole nitrogens is 1. The topological polar surface area (TPSA) is 54.7 Å². The minimum Gasteiger partial charge on any atom is -0.344 e. The molecule has 0 saturated carbocycles. The van der Waals surface area contributed by atoms with Gasteiger partial charge in [-0.2, -0.15) is 0 Å². The standard InChI is InChI=1S/C13H17N3/c1-8-4-6-11(7-5-8)12-10(3)15-13(16-12)9(2)14/h4-7,9H,14H2,1-3H3,(H,15,16)/t9-/m1/s1. The van der Waals surface area contributed by atoms with Gasteiger partial charge >= 0.3 is 0 Å². The van der Waals surface area contributed by atoms with Crippen molar-refractivity contribution in [2.24, 2.45) is 5.73 Å². The zero-order valence-electron chi connectivity index (χ0n) is 9.91. The van der Waals surface area contributed by atoms with E-state index < -0.39 is 0 Å². The van der Waals surface area contributed by atoms with Gasteiger partial charge in [-0.05, 0) is 20.8 Å². The highest BCUT2D eigenvalue weighted by molar-refractivity contribution is 5.62. The number of aryl methyl sites for hydroxylation is 2. The van der Waals surface area contributed by atoms with E-state index in [4.69, 9.17) is 5.73 Å². The lowest BCUT2D eigenvalue weighted by atomic mass is 10.1. The lowest BCUT2D eigenvalue weighted by molar-refractivity contribution is 0.754. The average Bonchev–Trinajstić information content (AvgIpc) is 2.62. The maximum Gasteiger partial charge on any atom is 0.123 e. The summed E-state index contributed by atoms with van der Waals surface area (Å²) < 4.78 is 0. The molecule has 3 N–H and O–H groups in total. The lowest BCUT2D eigenvalue weighted by Gasteiger charge is -1.99. The van der Waals surface area contributed by atoms with Gasteiger partial charge in [0.25, 0.3) is 0 Å². The molecule has 2 rings (SSSR count). The van der Waals surface area contributed by atoms with E-state index in [-0.39, 0.29) is 6.04 Å². The molecule has 0 aliphatic carbocycles. The van der Waals surface area contributed by atoms with Gasteiger partial charge in [0.15, 0.2) is 0 Å². The Morgan fingerprint density at radius 3 is 2.31 bits per heavy atom. The molecule has 0 spiro atoms. The third kappa shape index (κ3) is 1.99. The first-order chi connectivity index (χ1) is 7.58. The number of nitrogens with zero attached hydrogens (tertiary/aromatic N) is 1. The molecule has 1 heterocycles. The van der Waals surface area contributed by atoms with Gasteiger partial charge in [-0.3, -0.25) is 0 Å². The second kappa shape index (κ2) is 4.10. The summed E-state index contributed by atoms with van der Waals surface area (Å²) >= 11 is 0. The fourth-order valence-corrected chi connectivity index (χ4v) is 1.69. The van der Waals surface area contributed by atoms with Gasteiger partial charge in [-0.25, -0.2) is 4.98 Å². The highest BCUT2D eigenvalue weighted by Gasteiger charge is 2.10. The van der Waals surface area contributed by atoms with E-state index in [0.717, 1.165) is 22.8 Å². The Balaban J connectivity index is 2.44. The molecule has 0 aliphatic heterocycles. The normalized spacial score (nSPS) is 12.8. The van der Waals surface area contributed by atoms with Gasteiger partial charge in [0, 0.05) is 11.3 Å². The van der Waals surface area contributed by atoms with E-state index in [1.807, 2.05) is 13.8 Å². The van der Waals surface area contributed by atoms with Crippen LogP contribution in [0.15, 0.2) is 24.3 Å². The van der Waals surface area contributed by atoms with Gasteiger partial charge in [-0.1, -0.05) is 29.8 Å². The van der Waals surface area contributed by atoms with Crippen molar-refractivity contribution in [2.45, 2.75) is 26.8 Å². The number of benzene rings is 1. The van der Waals surface area contributed by atoms with E-state index in [1.54, 1.807) is 0 Å². The molecule has 16 heavy (non-hydrogen) atoms. The molecule has 0 aliphatic rings. The summed E-state index contributed by atoms with van der Waals surface area (Å²) in [5.74, 6) is 0.841.